The van der Waals surface area contributed by atoms with Gasteiger partial charge < -0.3 is 10.1 Å². The molecular formula is C15H22ClN5O. The normalized spacial score (nSPS) is 10.7. The molecule has 0 aliphatic heterocycles. The molecular weight excluding hydrogens is 302 g/mol. The maximum Gasteiger partial charge on any atom is 0.243 e. The van der Waals surface area contributed by atoms with Crippen LogP contribution in [-0.2, 0) is 13.1 Å². The van der Waals surface area contributed by atoms with Crippen molar-refractivity contribution in [1.29, 1.82) is 0 Å². The minimum Gasteiger partial charge on any atom is -0.492 e. The maximum atomic E-state index is 6.23. The van der Waals surface area contributed by atoms with Crippen molar-refractivity contribution in [3.8, 4) is 5.75 Å². The van der Waals surface area contributed by atoms with Crippen molar-refractivity contribution in [3.05, 3.63) is 28.8 Å². The first-order valence-electron chi connectivity index (χ1n) is 7.65. The smallest absolute Gasteiger partial charge is 0.243 e. The first-order chi connectivity index (χ1) is 10.7. The summed E-state index contributed by atoms with van der Waals surface area (Å²) in [5.74, 6) is 1.40. The number of nitrogens with one attached hydrogen (secondary N) is 1. The number of aromatic nitrogens is 4. The van der Waals surface area contributed by atoms with Gasteiger partial charge in [-0.2, -0.15) is 0 Å². The standard InChI is InChI=1S/C15H22ClN5O/c1-3-5-8-21-15(18-19-20-21)17-11-12-6-7-14(13(16)10-12)22-9-4-2/h6-7,10H,3-5,8-9,11H2,1-2H3,(H,17,18,20). The van der Waals surface area contributed by atoms with Crippen LogP contribution in [0.25, 0.3) is 0 Å². The van der Waals surface area contributed by atoms with Crippen LogP contribution in [0, 0.1) is 0 Å². The number of anilines is 1. The van der Waals surface area contributed by atoms with Gasteiger partial charge in [0.25, 0.3) is 0 Å². The van der Waals surface area contributed by atoms with E-state index in [9.17, 15) is 0 Å². The zero-order chi connectivity index (χ0) is 15.8. The van der Waals surface area contributed by atoms with Gasteiger partial charge in [0.05, 0.1) is 11.6 Å². The van der Waals surface area contributed by atoms with Crippen LogP contribution < -0.4 is 10.1 Å². The zero-order valence-electron chi connectivity index (χ0n) is 13.0. The number of hydrogen-bond donors (Lipinski definition) is 1. The van der Waals surface area contributed by atoms with E-state index in [4.69, 9.17) is 16.3 Å². The van der Waals surface area contributed by atoms with Crippen molar-refractivity contribution < 1.29 is 4.74 Å². The summed E-state index contributed by atoms with van der Waals surface area (Å²) >= 11 is 6.23. The van der Waals surface area contributed by atoms with E-state index in [1.54, 1.807) is 4.68 Å². The number of benzene rings is 1. The van der Waals surface area contributed by atoms with E-state index in [2.05, 4.69) is 34.7 Å². The molecule has 0 bridgehead atoms. The average molecular weight is 324 g/mol. The quantitative estimate of drug-likeness (QED) is 0.764. The van der Waals surface area contributed by atoms with E-state index >= 15 is 0 Å². The number of rotatable bonds is 9. The van der Waals surface area contributed by atoms with E-state index < -0.39 is 0 Å². The molecule has 1 heterocycles. The highest BCUT2D eigenvalue weighted by Gasteiger charge is 2.07. The van der Waals surface area contributed by atoms with Gasteiger partial charge in [-0.15, -0.1) is 0 Å². The largest absolute Gasteiger partial charge is 0.492 e. The molecule has 2 aromatic rings. The number of unbranched alkanes of at least 4 members (excludes halogenated alkanes) is 1. The van der Waals surface area contributed by atoms with Crippen LogP contribution in [-0.4, -0.2) is 26.8 Å². The first-order valence-corrected chi connectivity index (χ1v) is 8.03. The summed E-state index contributed by atoms with van der Waals surface area (Å²) in [4.78, 5) is 0. The molecule has 1 N–H and O–H groups in total. The molecule has 0 saturated heterocycles. The number of aryl methyl sites for hydroxylation is 1. The van der Waals surface area contributed by atoms with Gasteiger partial charge in [-0.25, -0.2) is 4.68 Å². The molecule has 2 rings (SSSR count). The van der Waals surface area contributed by atoms with Crippen molar-refractivity contribution in [3.63, 3.8) is 0 Å². The molecule has 120 valence electrons. The number of tetrazole rings is 1. The summed E-state index contributed by atoms with van der Waals surface area (Å²) in [6.07, 6.45) is 3.11. The molecule has 0 amide bonds. The summed E-state index contributed by atoms with van der Waals surface area (Å²) in [6.45, 7) is 6.30. The fourth-order valence-electron chi connectivity index (χ4n) is 1.95. The Hall–Kier alpha value is -1.82. The van der Waals surface area contributed by atoms with E-state index in [0.717, 1.165) is 37.1 Å². The third-order valence-corrected chi connectivity index (χ3v) is 3.46. The van der Waals surface area contributed by atoms with Crippen LogP contribution in [0.15, 0.2) is 18.2 Å². The van der Waals surface area contributed by atoms with Crippen molar-refractivity contribution in [2.75, 3.05) is 11.9 Å². The highest BCUT2D eigenvalue weighted by Crippen LogP contribution is 2.25. The van der Waals surface area contributed by atoms with E-state index in [1.165, 1.54) is 0 Å². The monoisotopic (exact) mass is 323 g/mol. The molecule has 0 spiro atoms. The van der Waals surface area contributed by atoms with E-state index in [-0.39, 0.29) is 0 Å². The zero-order valence-corrected chi connectivity index (χ0v) is 13.8. The average Bonchev–Trinajstić information content (AvgIpc) is 2.97. The fraction of sp³-hybridized carbons (Fsp3) is 0.533. The Balaban J connectivity index is 1.94. The van der Waals surface area contributed by atoms with Gasteiger partial charge in [0.2, 0.25) is 5.95 Å². The van der Waals surface area contributed by atoms with E-state index in [1.807, 2.05) is 18.2 Å². The second-order valence-electron chi connectivity index (χ2n) is 5.05. The SMILES string of the molecule is CCCCn1nnnc1NCc1ccc(OCCC)c(Cl)c1. The number of hydrogen-bond acceptors (Lipinski definition) is 5. The predicted octanol–water partition coefficient (Wildman–Crippen LogP) is 3.53. The lowest BCUT2D eigenvalue weighted by atomic mass is 10.2. The van der Waals surface area contributed by atoms with Crippen LogP contribution in [0.5, 0.6) is 5.75 Å². The minimum atomic E-state index is 0.611. The summed E-state index contributed by atoms with van der Waals surface area (Å²) in [5, 5.41) is 15.5. The first kappa shape index (κ1) is 16.5. The Bertz CT molecular complexity index is 587. The van der Waals surface area contributed by atoms with Crippen LogP contribution in [0.2, 0.25) is 5.02 Å². The Morgan fingerprint density at radius 1 is 1.27 bits per heavy atom. The molecule has 0 radical (unpaired) electrons. The fourth-order valence-corrected chi connectivity index (χ4v) is 2.21. The summed E-state index contributed by atoms with van der Waals surface area (Å²) in [5.41, 5.74) is 1.05. The topological polar surface area (TPSA) is 64.9 Å². The highest BCUT2D eigenvalue weighted by atomic mass is 35.5. The van der Waals surface area contributed by atoms with Gasteiger partial charge in [-0.05, 0) is 41.0 Å². The highest BCUT2D eigenvalue weighted by molar-refractivity contribution is 6.32. The van der Waals surface area contributed by atoms with Crippen LogP contribution in [0.4, 0.5) is 5.95 Å². The van der Waals surface area contributed by atoms with Crippen molar-refractivity contribution in [2.24, 2.45) is 0 Å². The van der Waals surface area contributed by atoms with Gasteiger partial charge in [-0.1, -0.05) is 43.0 Å². The molecule has 1 aromatic heterocycles. The Morgan fingerprint density at radius 3 is 2.86 bits per heavy atom. The Morgan fingerprint density at radius 2 is 2.14 bits per heavy atom. The lowest BCUT2D eigenvalue weighted by Gasteiger charge is -2.10. The molecule has 0 aliphatic rings. The number of halogens is 1. The number of nitrogens with zero attached hydrogens (tertiary/aromatic N) is 4. The van der Waals surface area contributed by atoms with Gasteiger partial charge in [0.15, 0.2) is 0 Å². The lowest BCUT2D eigenvalue weighted by molar-refractivity contribution is 0.317. The van der Waals surface area contributed by atoms with Crippen molar-refractivity contribution in [1.82, 2.24) is 20.2 Å². The molecule has 22 heavy (non-hydrogen) atoms. The maximum absolute atomic E-state index is 6.23. The molecule has 0 atom stereocenters. The molecule has 6 nitrogen and oxygen atoms in total. The summed E-state index contributed by atoms with van der Waals surface area (Å²) < 4.78 is 7.35. The second-order valence-corrected chi connectivity index (χ2v) is 5.45. The Labute approximate surface area is 135 Å². The van der Waals surface area contributed by atoms with Gasteiger partial charge in [0.1, 0.15) is 5.75 Å². The van der Waals surface area contributed by atoms with E-state index in [0.29, 0.717) is 24.1 Å². The van der Waals surface area contributed by atoms with Gasteiger partial charge in [-0.3, -0.25) is 0 Å². The minimum absolute atomic E-state index is 0.611. The molecule has 0 unspecified atom stereocenters. The molecule has 0 fully saturated rings. The molecule has 0 aliphatic carbocycles. The van der Waals surface area contributed by atoms with Crippen LogP contribution >= 0.6 is 11.6 Å². The molecule has 7 heteroatoms. The number of ether oxygens (including phenoxy) is 1. The van der Waals surface area contributed by atoms with Crippen LogP contribution in [0.3, 0.4) is 0 Å². The third kappa shape index (κ3) is 4.59. The lowest BCUT2D eigenvalue weighted by Crippen LogP contribution is -2.09. The van der Waals surface area contributed by atoms with Gasteiger partial charge in [0, 0.05) is 13.1 Å². The van der Waals surface area contributed by atoms with Crippen molar-refractivity contribution >= 4 is 17.5 Å². The third-order valence-electron chi connectivity index (χ3n) is 3.16. The Kier molecular flexibility index (Phi) is 6.45. The molecule has 0 saturated carbocycles. The summed E-state index contributed by atoms with van der Waals surface area (Å²) in [6, 6.07) is 5.79. The van der Waals surface area contributed by atoms with Crippen molar-refractivity contribution in [2.45, 2.75) is 46.2 Å². The second kappa shape index (κ2) is 8.58. The molecule has 1 aromatic carbocycles. The van der Waals surface area contributed by atoms with Gasteiger partial charge >= 0.3 is 0 Å². The van der Waals surface area contributed by atoms with Crippen LogP contribution in [0.1, 0.15) is 38.7 Å². The predicted molar refractivity (Wildman–Crippen MR) is 87.3 cm³/mol. The summed E-state index contributed by atoms with van der Waals surface area (Å²) in [7, 11) is 0.